The minimum atomic E-state index is 0.0614. The number of nitrogens with zero attached hydrogens (tertiary/aromatic N) is 4. The predicted molar refractivity (Wildman–Crippen MR) is 77.4 cm³/mol. The summed E-state index contributed by atoms with van der Waals surface area (Å²) in [5.41, 5.74) is 2.15. The maximum absolute atomic E-state index is 9.39. The Labute approximate surface area is 117 Å². The van der Waals surface area contributed by atoms with Crippen molar-refractivity contribution in [2.75, 3.05) is 11.9 Å². The second-order valence-corrected chi connectivity index (χ2v) is 6.06. The van der Waals surface area contributed by atoms with Gasteiger partial charge in [-0.15, -0.1) is 0 Å². The highest BCUT2D eigenvalue weighted by Gasteiger charge is 2.16. The van der Waals surface area contributed by atoms with Gasteiger partial charge in [-0.25, -0.2) is 4.98 Å². The van der Waals surface area contributed by atoms with Crippen LogP contribution in [0.25, 0.3) is 0 Å². The first-order chi connectivity index (χ1) is 9.01. The molecule has 6 heteroatoms. The summed E-state index contributed by atoms with van der Waals surface area (Å²) in [4.78, 5) is 7.69. The van der Waals surface area contributed by atoms with E-state index in [1.54, 1.807) is 16.0 Å². The molecule has 0 fully saturated rings. The molecule has 0 unspecified atom stereocenters. The number of hydrogen-bond acceptors (Lipinski definition) is 5. The van der Waals surface area contributed by atoms with Gasteiger partial charge in [-0.2, -0.15) is 5.10 Å². The highest BCUT2D eigenvalue weighted by atomic mass is 32.1. The molecular formula is C13H20N4OS. The van der Waals surface area contributed by atoms with Crippen molar-refractivity contribution in [3.8, 4) is 0 Å². The van der Waals surface area contributed by atoms with E-state index < -0.39 is 0 Å². The summed E-state index contributed by atoms with van der Waals surface area (Å²) in [6.07, 6.45) is 3.86. The average Bonchev–Trinajstić information content (AvgIpc) is 2.95. The number of aliphatic hydroxyl groups excluding tert-OH is 1. The Hall–Kier alpha value is -1.40. The molecule has 0 aliphatic rings. The number of hydrogen-bond donors (Lipinski definition) is 1. The van der Waals surface area contributed by atoms with E-state index in [1.807, 2.05) is 26.5 Å². The lowest BCUT2D eigenvalue weighted by Gasteiger charge is -2.14. The molecule has 104 valence electrons. The zero-order valence-corrected chi connectivity index (χ0v) is 12.6. The minimum Gasteiger partial charge on any atom is -0.391 e. The van der Waals surface area contributed by atoms with Gasteiger partial charge in [-0.3, -0.25) is 4.68 Å². The van der Waals surface area contributed by atoms with E-state index in [1.165, 1.54) is 0 Å². The Bertz CT molecular complexity index is 547. The zero-order valence-electron chi connectivity index (χ0n) is 11.8. The summed E-state index contributed by atoms with van der Waals surface area (Å²) < 4.78 is 1.80. The van der Waals surface area contributed by atoms with Crippen molar-refractivity contribution in [2.45, 2.75) is 32.9 Å². The third kappa shape index (κ3) is 3.13. The van der Waals surface area contributed by atoms with Crippen LogP contribution in [0.1, 0.15) is 35.9 Å². The fourth-order valence-electron chi connectivity index (χ4n) is 1.97. The maximum Gasteiger partial charge on any atom is 0.185 e. The highest BCUT2D eigenvalue weighted by molar-refractivity contribution is 7.15. The molecule has 19 heavy (non-hydrogen) atoms. The Kier molecular flexibility index (Phi) is 4.21. The standard InChI is InChI=1S/C13H20N4OS/c1-9(2)12-11(8-18)19-13(15-12)16(3)6-10-5-14-17(4)7-10/h5,7,9,18H,6,8H2,1-4H3. The van der Waals surface area contributed by atoms with E-state index in [0.717, 1.165) is 27.8 Å². The first-order valence-electron chi connectivity index (χ1n) is 6.30. The predicted octanol–water partition coefficient (Wildman–Crippen LogP) is 2.13. The number of aromatic nitrogens is 3. The van der Waals surface area contributed by atoms with E-state index in [-0.39, 0.29) is 6.61 Å². The monoisotopic (exact) mass is 280 g/mol. The fraction of sp³-hybridized carbons (Fsp3) is 0.538. The van der Waals surface area contributed by atoms with Gasteiger partial charge in [0.2, 0.25) is 0 Å². The molecule has 0 spiro atoms. The summed E-state index contributed by atoms with van der Waals surface area (Å²) in [6.45, 7) is 5.02. The van der Waals surface area contributed by atoms with Crippen LogP contribution in [-0.4, -0.2) is 26.9 Å². The second-order valence-electron chi connectivity index (χ2n) is 5.00. The maximum atomic E-state index is 9.39. The van der Waals surface area contributed by atoms with Crippen LogP contribution < -0.4 is 4.90 Å². The molecule has 1 N–H and O–H groups in total. The second kappa shape index (κ2) is 5.71. The van der Waals surface area contributed by atoms with Gasteiger partial charge in [0.05, 0.1) is 23.4 Å². The molecule has 2 aromatic heterocycles. The van der Waals surface area contributed by atoms with Crippen molar-refractivity contribution in [2.24, 2.45) is 7.05 Å². The third-order valence-corrected chi connectivity index (χ3v) is 4.08. The van der Waals surface area contributed by atoms with E-state index in [2.05, 4.69) is 28.8 Å². The van der Waals surface area contributed by atoms with Crippen molar-refractivity contribution in [3.63, 3.8) is 0 Å². The van der Waals surface area contributed by atoms with E-state index >= 15 is 0 Å². The number of aliphatic hydroxyl groups is 1. The van der Waals surface area contributed by atoms with Gasteiger partial charge in [0.25, 0.3) is 0 Å². The normalized spacial score (nSPS) is 11.3. The van der Waals surface area contributed by atoms with E-state index in [0.29, 0.717) is 5.92 Å². The van der Waals surface area contributed by atoms with Crippen LogP contribution in [0, 0.1) is 0 Å². The van der Waals surface area contributed by atoms with E-state index in [9.17, 15) is 5.11 Å². The molecule has 0 aliphatic heterocycles. The molecule has 0 atom stereocenters. The lowest BCUT2D eigenvalue weighted by molar-refractivity contribution is 0.283. The van der Waals surface area contributed by atoms with Gasteiger partial charge in [0.15, 0.2) is 5.13 Å². The molecule has 0 saturated carbocycles. The Morgan fingerprint density at radius 2 is 2.21 bits per heavy atom. The average molecular weight is 280 g/mol. The van der Waals surface area contributed by atoms with Gasteiger partial charge in [-0.1, -0.05) is 25.2 Å². The highest BCUT2D eigenvalue weighted by Crippen LogP contribution is 2.30. The van der Waals surface area contributed by atoms with E-state index in [4.69, 9.17) is 0 Å². The van der Waals surface area contributed by atoms with Crippen molar-refractivity contribution in [1.82, 2.24) is 14.8 Å². The van der Waals surface area contributed by atoms with Gasteiger partial charge >= 0.3 is 0 Å². The lowest BCUT2D eigenvalue weighted by Crippen LogP contribution is -2.15. The largest absolute Gasteiger partial charge is 0.391 e. The number of thiazole rings is 1. The first-order valence-corrected chi connectivity index (χ1v) is 7.12. The van der Waals surface area contributed by atoms with Gasteiger partial charge in [0, 0.05) is 32.4 Å². The first kappa shape index (κ1) is 14.0. The van der Waals surface area contributed by atoms with Crippen molar-refractivity contribution in [3.05, 3.63) is 28.5 Å². The van der Waals surface area contributed by atoms with Crippen LogP contribution in [0.5, 0.6) is 0 Å². The van der Waals surface area contributed by atoms with Crippen molar-refractivity contribution in [1.29, 1.82) is 0 Å². The summed E-state index contributed by atoms with van der Waals surface area (Å²) in [6, 6.07) is 0. The van der Waals surface area contributed by atoms with Gasteiger partial charge in [0.1, 0.15) is 0 Å². The SMILES string of the molecule is CC(C)c1nc(N(C)Cc2cnn(C)c2)sc1CO. The lowest BCUT2D eigenvalue weighted by atomic mass is 10.1. The van der Waals surface area contributed by atoms with Crippen molar-refractivity contribution < 1.29 is 5.11 Å². The summed E-state index contributed by atoms with van der Waals surface area (Å²) in [7, 11) is 3.92. The van der Waals surface area contributed by atoms with Crippen LogP contribution in [0.4, 0.5) is 5.13 Å². The number of anilines is 1. The molecule has 2 aromatic rings. The molecule has 0 radical (unpaired) electrons. The number of rotatable bonds is 5. The van der Waals surface area contributed by atoms with Crippen LogP contribution in [-0.2, 0) is 20.2 Å². The molecular weight excluding hydrogens is 260 g/mol. The molecule has 0 bridgehead atoms. The topological polar surface area (TPSA) is 54.2 Å². The summed E-state index contributed by atoms with van der Waals surface area (Å²) in [5.74, 6) is 0.332. The number of aryl methyl sites for hydroxylation is 1. The summed E-state index contributed by atoms with van der Waals surface area (Å²) in [5, 5.41) is 14.5. The molecule has 2 heterocycles. The van der Waals surface area contributed by atoms with Crippen LogP contribution >= 0.6 is 11.3 Å². The smallest absolute Gasteiger partial charge is 0.185 e. The van der Waals surface area contributed by atoms with Crippen molar-refractivity contribution >= 4 is 16.5 Å². The van der Waals surface area contributed by atoms with Gasteiger partial charge < -0.3 is 10.0 Å². The molecule has 5 nitrogen and oxygen atoms in total. The van der Waals surface area contributed by atoms with Crippen LogP contribution in [0.15, 0.2) is 12.4 Å². The van der Waals surface area contributed by atoms with Gasteiger partial charge in [-0.05, 0) is 5.92 Å². The quantitative estimate of drug-likeness (QED) is 0.911. The molecule has 2 rings (SSSR count). The van der Waals surface area contributed by atoms with Crippen LogP contribution in [0.3, 0.4) is 0 Å². The Morgan fingerprint density at radius 3 is 2.68 bits per heavy atom. The third-order valence-electron chi connectivity index (χ3n) is 2.91. The zero-order chi connectivity index (χ0) is 14.0. The van der Waals surface area contributed by atoms with Crippen LogP contribution in [0.2, 0.25) is 0 Å². The summed E-state index contributed by atoms with van der Waals surface area (Å²) >= 11 is 1.56. The molecule has 0 aromatic carbocycles. The fourth-order valence-corrected chi connectivity index (χ4v) is 3.01. The minimum absolute atomic E-state index is 0.0614. The Morgan fingerprint density at radius 1 is 1.47 bits per heavy atom. The molecule has 0 amide bonds. The molecule has 0 aliphatic carbocycles. The molecule has 0 saturated heterocycles. The Balaban J connectivity index is 2.17.